The summed E-state index contributed by atoms with van der Waals surface area (Å²) in [6, 6.07) is 26.9. The second-order valence-electron chi connectivity index (χ2n) is 8.32. The maximum absolute atomic E-state index is 13.0. The maximum atomic E-state index is 13.0. The molecule has 3 aromatic carbocycles. The zero-order valence-corrected chi connectivity index (χ0v) is 19.3. The van der Waals surface area contributed by atoms with Gasteiger partial charge in [-0.1, -0.05) is 67.1 Å². The predicted octanol–water partition coefficient (Wildman–Crippen LogP) is 6.07. The Labute approximate surface area is 194 Å². The summed E-state index contributed by atoms with van der Waals surface area (Å²) in [5.41, 5.74) is 1.81. The molecule has 164 valence electrons. The number of nitrogens with one attached hydrogen (secondary N) is 1. The van der Waals surface area contributed by atoms with E-state index in [0.29, 0.717) is 22.9 Å². The van der Waals surface area contributed by atoms with E-state index in [2.05, 4.69) is 30.4 Å². The van der Waals surface area contributed by atoms with Crippen LogP contribution in [0.5, 0.6) is 5.75 Å². The summed E-state index contributed by atoms with van der Waals surface area (Å²) >= 11 is 6.04. The van der Waals surface area contributed by atoms with Gasteiger partial charge in [0.1, 0.15) is 5.75 Å². The molecule has 3 aromatic rings. The quantitative estimate of drug-likeness (QED) is 0.456. The second-order valence-corrected chi connectivity index (χ2v) is 8.76. The Kier molecular flexibility index (Phi) is 7.56. The molecule has 5 heteroatoms. The highest BCUT2D eigenvalue weighted by Gasteiger charge is 2.31. The second kappa shape index (κ2) is 10.3. The summed E-state index contributed by atoms with van der Waals surface area (Å²) < 4.78 is 5.93. The van der Waals surface area contributed by atoms with Crippen LogP contribution in [0.3, 0.4) is 0 Å². The zero-order chi connectivity index (χ0) is 23.1. The smallest absolute Gasteiger partial charge is 0.263 e. The third-order valence-electron chi connectivity index (χ3n) is 5.60. The fourth-order valence-corrected chi connectivity index (χ4v) is 3.84. The van der Waals surface area contributed by atoms with Gasteiger partial charge in [0.05, 0.1) is 11.6 Å². The van der Waals surface area contributed by atoms with Gasteiger partial charge in [0.25, 0.3) is 5.91 Å². The number of rotatable bonds is 8. The average Bonchev–Trinajstić information content (AvgIpc) is 2.79. The van der Waals surface area contributed by atoms with Gasteiger partial charge in [-0.05, 0) is 61.2 Å². The molecule has 3 rings (SSSR count). The van der Waals surface area contributed by atoms with E-state index >= 15 is 0 Å². The van der Waals surface area contributed by atoms with Crippen LogP contribution >= 0.6 is 11.6 Å². The van der Waals surface area contributed by atoms with Crippen LogP contribution in [0.2, 0.25) is 5.02 Å². The summed E-state index contributed by atoms with van der Waals surface area (Å²) in [6.07, 6.45) is 0. The lowest BCUT2D eigenvalue weighted by atomic mass is 9.82. The van der Waals surface area contributed by atoms with Crippen LogP contribution in [0.4, 0.5) is 0 Å². The van der Waals surface area contributed by atoms with E-state index in [1.165, 1.54) is 0 Å². The fourth-order valence-electron chi connectivity index (χ4n) is 3.66. The van der Waals surface area contributed by atoms with Crippen LogP contribution < -0.4 is 10.1 Å². The molecule has 0 aliphatic rings. The van der Waals surface area contributed by atoms with Gasteiger partial charge in [-0.2, -0.15) is 5.26 Å². The van der Waals surface area contributed by atoms with E-state index in [4.69, 9.17) is 21.6 Å². The Morgan fingerprint density at radius 2 is 1.72 bits per heavy atom. The van der Waals surface area contributed by atoms with Crippen molar-refractivity contribution in [2.45, 2.75) is 38.2 Å². The van der Waals surface area contributed by atoms with Crippen molar-refractivity contribution in [1.29, 1.82) is 5.26 Å². The van der Waals surface area contributed by atoms with Crippen molar-refractivity contribution < 1.29 is 9.53 Å². The van der Waals surface area contributed by atoms with Crippen molar-refractivity contribution in [2.24, 2.45) is 0 Å². The van der Waals surface area contributed by atoms with E-state index in [0.717, 1.165) is 11.1 Å². The predicted molar refractivity (Wildman–Crippen MR) is 128 cm³/mol. The van der Waals surface area contributed by atoms with Gasteiger partial charge in [-0.25, -0.2) is 0 Å². The Balaban J connectivity index is 1.76. The number of hydrogen-bond donors (Lipinski definition) is 1. The molecule has 2 atom stereocenters. The topological polar surface area (TPSA) is 62.1 Å². The summed E-state index contributed by atoms with van der Waals surface area (Å²) in [7, 11) is 0. The van der Waals surface area contributed by atoms with Gasteiger partial charge in [0.2, 0.25) is 0 Å². The number of benzene rings is 3. The molecule has 0 bridgehead atoms. The number of halogens is 1. The van der Waals surface area contributed by atoms with E-state index in [9.17, 15) is 4.79 Å². The molecule has 0 fully saturated rings. The van der Waals surface area contributed by atoms with Gasteiger partial charge < -0.3 is 10.1 Å². The van der Waals surface area contributed by atoms with Crippen molar-refractivity contribution in [3.63, 3.8) is 0 Å². The van der Waals surface area contributed by atoms with Gasteiger partial charge >= 0.3 is 0 Å². The first-order valence-corrected chi connectivity index (χ1v) is 11.0. The number of nitrogens with zero attached hydrogens (tertiary/aromatic N) is 1. The summed E-state index contributed by atoms with van der Waals surface area (Å²) in [4.78, 5) is 13.0. The van der Waals surface area contributed by atoms with E-state index < -0.39 is 5.60 Å². The molecule has 1 N–H and O–H groups in total. The average molecular weight is 447 g/mol. The number of nitriles is 1. The summed E-state index contributed by atoms with van der Waals surface area (Å²) in [5.74, 6) is 0.520. The molecule has 4 nitrogen and oxygen atoms in total. The highest BCUT2D eigenvalue weighted by molar-refractivity contribution is 6.30. The van der Waals surface area contributed by atoms with Crippen LogP contribution in [0, 0.1) is 11.3 Å². The fraction of sp³-hybridized carbons (Fsp3) is 0.259. The highest BCUT2D eigenvalue weighted by Crippen LogP contribution is 2.32. The lowest BCUT2D eigenvalue weighted by molar-refractivity contribution is -0.134. The Morgan fingerprint density at radius 3 is 2.34 bits per heavy atom. The summed E-state index contributed by atoms with van der Waals surface area (Å²) in [5, 5.41) is 12.7. The van der Waals surface area contributed by atoms with Gasteiger partial charge in [0.15, 0.2) is 5.60 Å². The van der Waals surface area contributed by atoms with Gasteiger partial charge in [-0.3, -0.25) is 4.79 Å². The van der Waals surface area contributed by atoms with Crippen LogP contribution in [0.25, 0.3) is 0 Å². The SMILES string of the molecule is CC(c1ccc(C#N)cc1)C(CNC(=O)C(C)(C)Oc1cccc(Cl)c1)c1ccccc1. The molecule has 1 amide bonds. The Hall–Kier alpha value is -3.29. The van der Waals surface area contributed by atoms with Crippen LogP contribution in [0.15, 0.2) is 78.9 Å². The minimum absolute atomic E-state index is 0.0510. The molecular weight excluding hydrogens is 420 g/mol. The molecular formula is C27H27ClN2O2. The van der Waals surface area contributed by atoms with Gasteiger partial charge in [0, 0.05) is 17.5 Å². The van der Waals surface area contributed by atoms with Crippen molar-refractivity contribution >= 4 is 17.5 Å². The Bertz CT molecular complexity index is 1090. The molecule has 0 heterocycles. The molecule has 0 saturated carbocycles. The largest absolute Gasteiger partial charge is 0.478 e. The lowest BCUT2D eigenvalue weighted by Crippen LogP contribution is -2.47. The first-order valence-electron chi connectivity index (χ1n) is 10.6. The number of hydrogen-bond acceptors (Lipinski definition) is 3. The minimum atomic E-state index is -1.07. The van der Waals surface area contributed by atoms with E-state index in [1.54, 1.807) is 38.1 Å². The monoisotopic (exact) mass is 446 g/mol. The maximum Gasteiger partial charge on any atom is 0.263 e. The summed E-state index contributed by atoms with van der Waals surface area (Å²) in [6.45, 7) is 6.07. The number of amides is 1. The van der Waals surface area contributed by atoms with E-state index in [1.807, 2.05) is 42.5 Å². The van der Waals surface area contributed by atoms with Gasteiger partial charge in [-0.15, -0.1) is 0 Å². The standard InChI is InChI=1S/C27H27ClN2O2/c1-19(21-14-12-20(17-29)13-15-21)25(22-8-5-4-6-9-22)18-30-26(31)27(2,3)32-24-11-7-10-23(28)16-24/h4-16,19,25H,18H2,1-3H3,(H,30,31). The zero-order valence-electron chi connectivity index (χ0n) is 18.5. The van der Waals surface area contributed by atoms with Crippen molar-refractivity contribution in [2.75, 3.05) is 6.54 Å². The van der Waals surface area contributed by atoms with Crippen molar-refractivity contribution in [3.05, 3.63) is 101 Å². The molecule has 0 saturated heterocycles. The molecule has 0 aliphatic carbocycles. The molecule has 0 aromatic heterocycles. The number of carbonyl (C=O) groups is 1. The first-order chi connectivity index (χ1) is 15.3. The van der Waals surface area contributed by atoms with Crippen LogP contribution in [-0.4, -0.2) is 18.1 Å². The number of carbonyl (C=O) groups excluding carboxylic acids is 1. The van der Waals surface area contributed by atoms with E-state index in [-0.39, 0.29) is 17.7 Å². The van der Waals surface area contributed by atoms with Crippen LogP contribution in [-0.2, 0) is 4.79 Å². The third-order valence-corrected chi connectivity index (χ3v) is 5.83. The van der Waals surface area contributed by atoms with Crippen molar-refractivity contribution in [1.82, 2.24) is 5.32 Å². The van der Waals surface area contributed by atoms with Crippen molar-refractivity contribution in [3.8, 4) is 11.8 Å². The Morgan fingerprint density at radius 1 is 1.03 bits per heavy atom. The molecule has 32 heavy (non-hydrogen) atoms. The molecule has 0 spiro atoms. The molecule has 2 unspecified atom stereocenters. The highest BCUT2D eigenvalue weighted by atomic mass is 35.5. The lowest BCUT2D eigenvalue weighted by Gasteiger charge is -2.29. The molecule has 0 aliphatic heterocycles. The first kappa shape index (κ1) is 23.4. The minimum Gasteiger partial charge on any atom is -0.478 e. The normalized spacial score (nSPS) is 13.0. The third kappa shape index (κ3) is 5.90. The van der Waals surface area contributed by atoms with Crippen LogP contribution in [0.1, 0.15) is 49.3 Å². The number of ether oxygens (including phenoxy) is 1. The molecule has 0 radical (unpaired) electrons.